The third kappa shape index (κ3) is 4.84. The summed E-state index contributed by atoms with van der Waals surface area (Å²) in [6, 6.07) is 10.4. The molecular formula is C13H21NO. The molecule has 0 aliphatic rings. The van der Waals surface area contributed by atoms with Crippen LogP contribution in [0.5, 0.6) is 5.75 Å². The Morgan fingerprint density at radius 3 is 2.40 bits per heavy atom. The average Bonchev–Trinajstić information content (AvgIpc) is 2.25. The van der Waals surface area contributed by atoms with E-state index < -0.39 is 0 Å². The van der Waals surface area contributed by atoms with Gasteiger partial charge >= 0.3 is 0 Å². The first-order chi connectivity index (χ1) is 7.22. The van der Waals surface area contributed by atoms with E-state index >= 15 is 0 Å². The first-order valence-corrected chi connectivity index (χ1v) is 5.57. The van der Waals surface area contributed by atoms with E-state index in [9.17, 15) is 0 Å². The van der Waals surface area contributed by atoms with Crippen molar-refractivity contribution in [3.8, 4) is 5.75 Å². The summed E-state index contributed by atoms with van der Waals surface area (Å²) in [5.41, 5.74) is 0. The Balaban J connectivity index is 2.34. The lowest BCUT2D eigenvalue weighted by Gasteiger charge is -2.18. The fraction of sp³-hybridized carbons (Fsp3) is 0.538. The molecule has 84 valence electrons. The van der Waals surface area contributed by atoms with Crippen LogP contribution in [0.1, 0.15) is 20.3 Å². The predicted octanol–water partition coefficient (Wildman–Crippen LogP) is 2.70. The van der Waals surface area contributed by atoms with Gasteiger partial charge < -0.3 is 10.1 Å². The Morgan fingerprint density at radius 2 is 1.87 bits per heavy atom. The van der Waals surface area contributed by atoms with Crippen LogP contribution in [0.2, 0.25) is 0 Å². The SMILES string of the molecule is CN[C@H](COc1ccccc1)CC(C)C. The van der Waals surface area contributed by atoms with Crippen molar-refractivity contribution in [3.05, 3.63) is 30.3 Å². The van der Waals surface area contributed by atoms with Gasteiger partial charge in [0.2, 0.25) is 0 Å². The van der Waals surface area contributed by atoms with E-state index in [1.807, 2.05) is 37.4 Å². The van der Waals surface area contributed by atoms with Gasteiger partial charge in [0.15, 0.2) is 0 Å². The molecule has 2 nitrogen and oxygen atoms in total. The lowest BCUT2D eigenvalue weighted by atomic mass is 10.0. The molecule has 0 radical (unpaired) electrons. The Labute approximate surface area is 92.6 Å². The van der Waals surface area contributed by atoms with Crippen LogP contribution < -0.4 is 10.1 Å². The maximum atomic E-state index is 5.70. The van der Waals surface area contributed by atoms with E-state index in [1.165, 1.54) is 0 Å². The van der Waals surface area contributed by atoms with E-state index in [1.54, 1.807) is 0 Å². The lowest BCUT2D eigenvalue weighted by molar-refractivity contribution is 0.251. The molecule has 0 bridgehead atoms. The van der Waals surface area contributed by atoms with Crippen molar-refractivity contribution >= 4 is 0 Å². The number of nitrogens with one attached hydrogen (secondary N) is 1. The lowest BCUT2D eigenvalue weighted by Crippen LogP contribution is -2.32. The highest BCUT2D eigenvalue weighted by atomic mass is 16.5. The number of rotatable bonds is 6. The molecule has 1 rings (SSSR count). The van der Waals surface area contributed by atoms with Gasteiger partial charge in [-0.25, -0.2) is 0 Å². The average molecular weight is 207 g/mol. The van der Waals surface area contributed by atoms with Crippen LogP contribution in [-0.2, 0) is 0 Å². The standard InChI is InChI=1S/C13H21NO/c1-11(2)9-12(14-3)10-15-13-7-5-4-6-8-13/h4-8,11-12,14H,9-10H2,1-3H3/t12-/m0/s1. The summed E-state index contributed by atoms with van der Waals surface area (Å²) in [5.74, 6) is 1.64. The first kappa shape index (κ1) is 12.1. The Bertz CT molecular complexity index is 258. The molecular weight excluding hydrogens is 186 g/mol. The quantitative estimate of drug-likeness (QED) is 0.774. The second-order valence-electron chi connectivity index (χ2n) is 4.24. The van der Waals surface area contributed by atoms with Gasteiger partial charge in [-0.1, -0.05) is 32.0 Å². The smallest absolute Gasteiger partial charge is 0.119 e. The second kappa shape index (κ2) is 6.46. The van der Waals surface area contributed by atoms with Crippen molar-refractivity contribution in [3.63, 3.8) is 0 Å². The van der Waals surface area contributed by atoms with Crippen molar-refractivity contribution in [1.29, 1.82) is 0 Å². The van der Waals surface area contributed by atoms with Crippen LogP contribution in [0.4, 0.5) is 0 Å². The Hall–Kier alpha value is -1.02. The van der Waals surface area contributed by atoms with Crippen LogP contribution in [0.15, 0.2) is 30.3 Å². The molecule has 2 heteroatoms. The third-order valence-electron chi connectivity index (χ3n) is 2.36. The summed E-state index contributed by atoms with van der Waals surface area (Å²) < 4.78 is 5.70. The molecule has 0 unspecified atom stereocenters. The molecule has 1 atom stereocenters. The van der Waals surface area contributed by atoms with Crippen LogP contribution in [0, 0.1) is 5.92 Å². The molecule has 0 fully saturated rings. The maximum absolute atomic E-state index is 5.70. The molecule has 0 aromatic heterocycles. The Morgan fingerprint density at radius 1 is 1.20 bits per heavy atom. The van der Waals surface area contributed by atoms with E-state index in [-0.39, 0.29) is 0 Å². The molecule has 0 heterocycles. The summed E-state index contributed by atoms with van der Waals surface area (Å²) in [6.07, 6.45) is 1.14. The molecule has 0 saturated heterocycles. The monoisotopic (exact) mass is 207 g/mol. The molecule has 1 N–H and O–H groups in total. The fourth-order valence-electron chi connectivity index (χ4n) is 1.55. The van der Waals surface area contributed by atoms with E-state index in [2.05, 4.69) is 19.2 Å². The van der Waals surface area contributed by atoms with Gasteiger partial charge in [-0.2, -0.15) is 0 Å². The van der Waals surface area contributed by atoms with E-state index in [4.69, 9.17) is 4.74 Å². The van der Waals surface area contributed by atoms with Crippen LogP contribution >= 0.6 is 0 Å². The van der Waals surface area contributed by atoms with Gasteiger partial charge in [0.1, 0.15) is 12.4 Å². The third-order valence-corrected chi connectivity index (χ3v) is 2.36. The number of benzene rings is 1. The molecule has 0 spiro atoms. The highest BCUT2D eigenvalue weighted by Crippen LogP contribution is 2.10. The van der Waals surface area contributed by atoms with Gasteiger partial charge in [0.25, 0.3) is 0 Å². The molecule has 0 aliphatic carbocycles. The zero-order valence-corrected chi connectivity index (χ0v) is 9.86. The number of hydrogen-bond acceptors (Lipinski definition) is 2. The molecule has 1 aromatic carbocycles. The maximum Gasteiger partial charge on any atom is 0.119 e. The van der Waals surface area contributed by atoms with Gasteiger partial charge in [-0.15, -0.1) is 0 Å². The minimum atomic E-state index is 0.435. The van der Waals surface area contributed by atoms with Gasteiger partial charge in [0, 0.05) is 6.04 Å². The minimum absolute atomic E-state index is 0.435. The number of hydrogen-bond donors (Lipinski definition) is 1. The molecule has 0 saturated carbocycles. The van der Waals surface area contributed by atoms with Crippen molar-refractivity contribution in [2.24, 2.45) is 5.92 Å². The van der Waals surface area contributed by atoms with E-state index in [0.29, 0.717) is 12.0 Å². The van der Waals surface area contributed by atoms with Crippen molar-refractivity contribution in [2.75, 3.05) is 13.7 Å². The van der Waals surface area contributed by atoms with Crippen molar-refractivity contribution < 1.29 is 4.74 Å². The predicted molar refractivity (Wildman–Crippen MR) is 64.2 cm³/mol. The number of ether oxygens (including phenoxy) is 1. The second-order valence-corrected chi connectivity index (χ2v) is 4.24. The minimum Gasteiger partial charge on any atom is -0.492 e. The zero-order chi connectivity index (χ0) is 11.1. The van der Waals surface area contributed by atoms with Crippen LogP contribution in [-0.4, -0.2) is 19.7 Å². The summed E-state index contributed by atoms with van der Waals surface area (Å²) in [5, 5.41) is 3.28. The van der Waals surface area contributed by atoms with E-state index in [0.717, 1.165) is 18.8 Å². The first-order valence-electron chi connectivity index (χ1n) is 5.57. The zero-order valence-electron chi connectivity index (χ0n) is 9.86. The molecule has 15 heavy (non-hydrogen) atoms. The van der Waals surface area contributed by atoms with Gasteiger partial charge in [-0.05, 0) is 31.5 Å². The molecule has 0 amide bonds. The molecule has 0 aliphatic heterocycles. The summed E-state index contributed by atoms with van der Waals surface area (Å²) in [6.45, 7) is 5.19. The van der Waals surface area contributed by atoms with Gasteiger partial charge in [0.05, 0.1) is 0 Å². The molecule has 1 aromatic rings. The summed E-state index contributed by atoms with van der Waals surface area (Å²) in [4.78, 5) is 0. The highest BCUT2D eigenvalue weighted by Gasteiger charge is 2.08. The number of para-hydroxylation sites is 1. The largest absolute Gasteiger partial charge is 0.492 e. The normalized spacial score (nSPS) is 12.8. The van der Waals surface area contributed by atoms with Crippen LogP contribution in [0.3, 0.4) is 0 Å². The summed E-state index contributed by atoms with van der Waals surface area (Å²) in [7, 11) is 1.99. The topological polar surface area (TPSA) is 21.3 Å². The van der Waals surface area contributed by atoms with Crippen LogP contribution in [0.25, 0.3) is 0 Å². The fourth-order valence-corrected chi connectivity index (χ4v) is 1.55. The van der Waals surface area contributed by atoms with Crippen molar-refractivity contribution in [2.45, 2.75) is 26.3 Å². The van der Waals surface area contributed by atoms with Gasteiger partial charge in [-0.3, -0.25) is 0 Å². The highest BCUT2D eigenvalue weighted by molar-refractivity contribution is 5.20. The van der Waals surface area contributed by atoms with Crippen molar-refractivity contribution in [1.82, 2.24) is 5.32 Å². The summed E-state index contributed by atoms with van der Waals surface area (Å²) >= 11 is 0. The number of likely N-dealkylation sites (N-methyl/N-ethyl adjacent to an activating group) is 1. The Kier molecular flexibility index (Phi) is 5.19.